The van der Waals surface area contributed by atoms with Crippen LogP contribution in [0.3, 0.4) is 0 Å². The summed E-state index contributed by atoms with van der Waals surface area (Å²) >= 11 is 0. The van der Waals surface area contributed by atoms with Gasteiger partial charge in [0.2, 0.25) is 5.91 Å². The second kappa shape index (κ2) is 26.3. The molecule has 0 bridgehead atoms. The Morgan fingerprint density at radius 3 is 1.84 bits per heavy atom. The molecule has 0 rings (SSSR count). The lowest BCUT2D eigenvalue weighted by molar-refractivity contribution is -0.131. The Kier molecular flexibility index (Phi) is 25.5. The number of aliphatic hydroxyl groups excluding tert-OH is 2. The number of nitrogens with zero attached hydrogens (tertiary/aromatic N) is 1. The maximum atomic E-state index is 12.4. The molecule has 0 atom stereocenters. The summed E-state index contributed by atoms with van der Waals surface area (Å²) in [5.74, 6) is 0.150. The number of rotatable bonds is 25. The number of hydrogen-bond donors (Lipinski definition) is 4. The zero-order valence-electron chi connectivity index (χ0n) is 21.0. The van der Waals surface area contributed by atoms with Gasteiger partial charge in [0.1, 0.15) is 0 Å². The second-order valence-electron chi connectivity index (χ2n) is 8.66. The summed E-state index contributed by atoms with van der Waals surface area (Å²) in [5, 5.41) is 24.3. The number of hydrogen-bond acceptors (Lipinski definition) is 5. The minimum absolute atomic E-state index is 0.0101. The third-order valence-electron chi connectivity index (χ3n) is 5.70. The highest BCUT2D eigenvalue weighted by atomic mass is 16.3. The summed E-state index contributed by atoms with van der Waals surface area (Å²) in [4.78, 5) is 14.2. The first-order valence-corrected chi connectivity index (χ1v) is 13.3. The molecule has 0 saturated carbocycles. The van der Waals surface area contributed by atoms with Crippen molar-refractivity contribution >= 4 is 5.91 Å². The molecule has 0 aliphatic heterocycles. The lowest BCUT2D eigenvalue weighted by Gasteiger charge is -2.22. The van der Waals surface area contributed by atoms with Crippen molar-refractivity contribution in [3.63, 3.8) is 0 Å². The quantitative estimate of drug-likeness (QED) is 0.123. The Labute approximate surface area is 198 Å². The second-order valence-corrected chi connectivity index (χ2v) is 8.66. The summed E-state index contributed by atoms with van der Waals surface area (Å²) < 4.78 is 0. The van der Waals surface area contributed by atoms with Gasteiger partial charge in [0.05, 0.1) is 13.2 Å². The van der Waals surface area contributed by atoms with Gasteiger partial charge in [-0.25, -0.2) is 0 Å². The Hall–Kier alpha value is -0.950. The molecule has 0 aromatic carbocycles. The predicted octanol–water partition coefficient (Wildman–Crippen LogP) is 4.02. The lowest BCUT2D eigenvalue weighted by atomic mass is 10.1. The van der Waals surface area contributed by atoms with E-state index >= 15 is 0 Å². The number of amides is 1. The van der Waals surface area contributed by atoms with Crippen LogP contribution < -0.4 is 10.6 Å². The van der Waals surface area contributed by atoms with Gasteiger partial charge in [-0.2, -0.15) is 0 Å². The van der Waals surface area contributed by atoms with Gasteiger partial charge in [-0.05, 0) is 32.1 Å². The molecule has 0 heterocycles. The van der Waals surface area contributed by atoms with E-state index in [0.717, 1.165) is 32.5 Å². The number of aliphatic hydroxyl groups is 2. The van der Waals surface area contributed by atoms with Crippen molar-refractivity contribution in [2.45, 2.75) is 96.8 Å². The Balaban J connectivity index is 3.58. The molecule has 6 heteroatoms. The zero-order valence-corrected chi connectivity index (χ0v) is 21.0. The third-order valence-corrected chi connectivity index (χ3v) is 5.70. The normalized spacial score (nSPS) is 11.5. The SMILES string of the molecule is CCCCCCCC/C=C/CCCCCCCC(=O)N(CCO)CCNCCNCCO. The summed E-state index contributed by atoms with van der Waals surface area (Å²) in [6, 6.07) is 0. The number of nitrogens with one attached hydrogen (secondary N) is 2. The van der Waals surface area contributed by atoms with E-state index < -0.39 is 0 Å². The van der Waals surface area contributed by atoms with Crippen molar-refractivity contribution in [3.05, 3.63) is 12.2 Å². The molecule has 6 nitrogen and oxygen atoms in total. The van der Waals surface area contributed by atoms with Crippen LogP contribution in [0.5, 0.6) is 0 Å². The van der Waals surface area contributed by atoms with Crippen molar-refractivity contribution < 1.29 is 15.0 Å². The monoisotopic (exact) mass is 455 g/mol. The van der Waals surface area contributed by atoms with E-state index in [-0.39, 0.29) is 19.1 Å². The number of unbranched alkanes of at least 4 members (excludes halogenated alkanes) is 11. The van der Waals surface area contributed by atoms with Crippen LogP contribution >= 0.6 is 0 Å². The Bertz CT molecular complexity index is 419. The molecule has 0 fully saturated rings. The van der Waals surface area contributed by atoms with Crippen molar-refractivity contribution in [2.75, 3.05) is 52.5 Å². The van der Waals surface area contributed by atoms with Crippen LogP contribution in [0.15, 0.2) is 12.2 Å². The van der Waals surface area contributed by atoms with Crippen LogP contribution in [-0.4, -0.2) is 73.5 Å². The smallest absolute Gasteiger partial charge is 0.222 e. The molecule has 190 valence electrons. The lowest BCUT2D eigenvalue weighted by Crippen LogP contribution is -2.40. The molecule has 32 heavy (non-hydrogen) atoms. The van der Waals surface area contributed by atoms with E-state index in [9.17, 15) is 9.90 Å². The van der Waals surface area contributed by atoms with E-state index in [1.165, 1.54) is 70.6 Å². The number of carbonyl (C=O) groups excluding carboxylic acids is 1. The minimum Gasteiger partial charge on any atom is -0.395 e. The van der Waals surface area contributed by atoms with Gasteiger partial charge in [0.15, 0.2) is 0 Å². The number of carbonyl (C=O) groups is 1. The van der Waals surface area contributed by atoms with E-state index in [1.807, 2.05) is 0 Å². The molecule has 0 aromatic rings. The van der Waals surface area contributed by atoms with Crippen LogP contribution in [0.25, 0.3) is 0 Å². The number of allylic oxidation sites excluding steroid dienone is 2. The van der Waals surface area contributed by atoms with E-state index in [2.05, 4.69) is 29.7 Å². The van der Waals surface area contributed by atoms with Gasteiger partial charge in [-0.1, -0.05) is 70.4 Å². The highest BCUT2D eigenvalue weighted by molar-refractivity contribution is 5.76. The largest absolute Gasteiger partial charge is 0.395 e. The van der Waals surface area contributed by atoms with E-state index in [1.54, 1.807) is 4.90 Å². The van der Waals surface area contributed by atoms with E-state index in [0.29, 0.717) is 26.1 Å². The van der Waals surface area contributed by atoms with Crippen LogP contribution in [-0.2, 0) is 4.79 Å². The molecule has 0 spiro atoms. The fraction of sp³-hybridized carbons (Fsp3) is 0.885. The molecule has 0 aliphatic rings. The third kappa shape index (κ3) is 22.3. The Morgan fingerprint density at radius 1 is 0.688 bits per heavy atom. The summed E-state index contributed by atoms with van der Waals surface area (Å²) in [6.07, 6.45) is 21.6. The van der Waals surface area contributed by atoms with Gasteiger partial charge < -0.3 is 25.7 Å². The van der Waals surface area contributed by atoms with Gasteiger partial charge in [0.25, 0.3) is 0 Å². The summed E-state index contributed by atoms with van der Waals surface area (Å²) in [6.45, 7) is 6.38. The van der Waals surface area contributed by atoms with Crippen LogP contribution in [0, 0.1) is 0 Å². The van der Waals surface area contributed by atoms with Crippen molar-refractivity contribution in [1.82, 2.24) is 15.5 Å². The molecular formula is C26H53N3O3. The topological polar surface area (TPSA) is 84.8 Å². The molecule has 0 unspecified atom stereocenters. The summed E-state index contributed by atoms with van der Waals surface area (Å²) in [7, 11) is 0. The highest BCUT2D eigenvalue weighted by Gasteiger charge is 2.11. The first-order chi connectivity index (χ1) is 15.8. The van der Waals surface area contributed by atoms with E-state index in [4.69, 9.17) is 5.11 Å². The minimum atomic E-state index is 0.0101. The fourth-order valence-electron chi connectivity index (χ4n) is 3.71. The molecule has 0 aliphatic carbocycles. The fourth-order valence-corrected chi connectivity index (χ4v) is 3.71. The molecule has 0 radical (unpaired) electrons. The first-order valence-electron chi connectivity index (χ1n) is 13.3. The van der Waals surface area contributed by atoms with Gasteiger partial charge in [-0.15, -0.1) is 0 Å². The van der Waals surface area contributed by atoms with Crippen LogP contribution in [0.4, 0.5) is 0 Å². The first kappa shape index (κ1) is 31.0. The molecular weight excluding hydrogens is 402 g/mol. The average Bonchev–Trinajstić information content (AvgIpc) is 2.80. The maximum Gasteiger partial charge on any atom is 0.222 e. The molecule has 0 saturated heterocycles. The van der Waals surface area contributed by atoms with Gasteiger partial charge >= 0.3 is 0 Å². The predicted molar refractivity (Wildman–Crippen MR) is 136 cm³/mol. The maximum absolute atomic E-state index is 12.4. The van der Waals surface area contributed by atoms with Crippen molar-refractivity contribution in [2.24, 2.45) is 0 Å². The molecule has 1 amide bonds. The van der Waals surface area contributed by atoms with Crippen LogP contribution in [0.2, 0.25) is 0 Å². The van der Waals surface area contributed by atoms with Crippen molar-refractivity contribution in [3.8, 4) is 0 Å². The molecule has 0 aromatic heterocycles. The standard InChI is InChI=1S/C26H53N3O3/c1-2-3-4-5-6-7-8-9-10-11-12-13-14-15-16-17-26(32)29(23-25-31)22-20-27-18-19-28-21-24-30/h9-10,27-28,30-31H,2-8,11-25H2,1H3/b10-9+. The van der Waals surface area contributed by atoms with Gasteiger partial charge in [-0.3, -0.25) is 4.79 Å². The van der Waals surface area contributed by atoms with Crippen molar-refractivity contribution in [1.29, 1.82) is 0 Å². The average molecular weight is 456 g/mol. The highest BCUT2D eigenvalue weighted by Crippen LogP contribution is 2.10. The summed E-state index contributed by atoms with van der Waals surface area (Å²) in [5.41, 5.74) is 0. The molecule has 4 N–H and O–H groups in total. The van der Waals surface area contributed by atoms with Crippen LogP contribution in [0.1, 0.15) is 96.8 Å². The Morgan fingerprint density at radius 2 is 1.25 bits per heavy atom. The van der Waals surface area contributed by atoms with Gasteiger partial charge in [0, 0.05) is 45.7 Å². The zero-order chi connectivity index (χ0) is 23.5.